The second kappa shape index (κ2) is 3.54. The number of hydrogen-bond acceptors (Lipinski definition) is 3. The first kappa shape index (κ1) is 9.68. The summed E-state index contributed by atoms with van der Waals surface area (Å²) in [4.78, 5) is 10.6. The highest BCUT2D eigenvalue weighted by molar-refractivity contribution is 5.59. The van der Waals surface area contributed by atoms with E-state index in [0.717, 1.165) is 19.1 Å². The van der Waals surface area contributed by atoms with Crippen LogP contribution >= 0.6 is 0 Å². The highest BCUT2D eigenvalue weighted by Gasteiger charge is 2.36. The number of aliphatic hydroxyl groups is 1. The fourth-order valence-electron chi connectivity index (χ4n) is 1.40. The Morgan fingerprint density at radius 1 is 1.67 bits per heavy atom. The van der Waals surface area contributed by atoms with Gasteiger partial charge in [0.25, 0.3) is 0 Å². The molecule has 0 bridgehead atoms. The van der Waals surface area contributed by atoms with Gasteiger partial charge in [-0.2, -0.15) is 0 Å². The molecule has 1 rings (SSSR count). The van der Waals surface area contributed by atoms with Gasteiger partial charge in [-0.1, -0.05) is 13.8 Å². The zero-order chi connectivity index (χ0) is 9.19. The summed E-state index contributed by atoms with van der Waals surface area (Å²) in [5.41, 5.74) is -0.686. The third-order valence-corrected chi connectivity index (χ3v) is 2.38. The minimum Gasteiger partial charge on any atom is -0.389 e. The van der Waals surface area contributed by atoms with Crippen molar-refractivity contribution in [3.63, 3.8) is 0 Å². The van der Waals surface area contributed by atoms with E-state index in [2.05, 4.69) is 0 Å². The average molecular weight is 172 g/mol. The monoisotopic (exact) mass is 172 g/mol. The predicted octanol–water partition coefficient (Wildman–Crippen LogP) is 0.751. The van der Waals surface area contributed by atoms with Gasteiger partial charge in [0.2, 0.25) is 0 Å². The van der Waals surface area contributed by atoms with Gasteiger partial charge in [-0.25, -0.2) is 0 Å². The van der Waals surface area contributed by atoms with Gasteiger partial charge in [-0.05, 0) is 12.8 Å². The molecule has 1 aliphatic rings. The van der Waals surface area contributed by atoms with Crippen LogP contribution in [0.25, 0.3) is 0 Å². The van der Waals surface area contributed by atoms with Crippen LogP contribution in [0.1, 0.15) is 26.7 Å². The van der Waals surface area contributed by atoms with Crippen LogP contribution in [0, 0.1) is 5.41 Å². The molecule has 0 aromatic carbocycles. The molecule has 1 saturated heterocycles. The topological polar surface area (TPSA) is 46.5 Å². The molecule has 1 heterocycles. The Hall–Kier alpha value is -0.410. The van der Waals surface area contributed by atoms with Crippen molar-refractivity contribution >= 4 is 6.29 Å². The first-order valence-electron chi connectivity index (χ1n) is 4.34. The van der Waals surface area contributed by atoms with Crippen molar-refractivity contribution in [1.29, 1.82) is 0 Å². The first-order chi connectivity index (χ1) is 5.58. The number of aliphatic hydroxyl groups excluding tert-OH is 1. The van der Waals surface area contributed by atoms with Gasteiger partial charge in [-0.3, -0.25) is 0 Å². The Morgan fingerprint density at radius 2 is 2.33 bits per heavy atom. The van der Waals surface area contributed by atoms with E-state index in [0.29, 0.717) is 6.61 Å². The summed E-state index contributed by atoms with van der Waals surface area (Å²) in [6.45, 7) is 4.16. The highest BCUT2D eigenvalue weighted by atomic mass is 16.5. The zero-order valence-corrected chi connectivity index (χ0v) is 7.62. The standard InChI is InChI=1S/C9H16O3/c1-9(2,6-10)8(11)7-4-3-5-12-7/h6-8,11H,3-5H2,1-2H3/t7-,8+/m0/s1. The molecule has 70 valence electrons. The van der Waals surface area contributed by atoms with Gasteiger partial charge in [0.05, 0.1) is 12.2 Å². The molecule has 12 heavy (non-hydrogen) atoms. The van der Waals surface area contributed by atoms with Crippen molar-refractivity contribution in [2.75, 3.05) is 6.61 Å². The summed E-state index contributed by atoms with van der Waals surface area (Å²) < 4.78 is 5.29. The lowest BCUT2D eigenvalue weighted by atomic mass is 9.84. The van der Waals surface area contributed by atoms with Crippen LogP contribution < -0.4 is 0 Å². The van der Waals surface area contributed by atoms with E-state index in [1.54, 1.807) is 13.8 Å². The first-order valence-corrected chi connectivity index (χ1v) is 4.34. The van der Waals surface area contributed by atoms with Crippen LogP contribution in [-0.4, -0.2) is 30.2 Å². The SMILES string of the molecule is CC(C)(C=O)[C@H](O)[C@@H]1CCCO1. The minimum absolute atomic E-state index is 0.148. The lowest BCUT2D eigenvalue weighted by Gasteiger charge is -2.28. The average Bonchev–Trinajstić information content (AvgIpc) is 2.55. The van der Waals surface area contributed by atoms with Crippen LogP contribution in [0.15, 0.2) is 0 Å². The molecular formula is C9H16O3. The molecule has 2 atom stereocenters. The molecule has 1 N–H and O–H groups in total. The van der Waals surface area contributed by atoms with E-state index >= 15 is 0 Å². The van der Waals surface area contributed by atoms with Crippen molar-refractivity contribution in [3.8, 4) is 0 Å². The lowest BCUT2D eigenvalue weighted by Crippen LogP contribution is -2.40. The van der Waals surface area contributed by atoms with Crippen LogP contribution in [0.5, 0.6) is 0 Å². The molecule has 0 unspecified atom stereocenters. The molecule has 0 aromatic rings. The summed E-state index contributed by atoms with van der Waals surface area (Å²) in [5, 5.41) is 9.72. The molecule has 3 nitrogen and oxygen atoms in total. The third-order valence-electron chi connectivity index (χ3n) is 2.38. The number of carbonyl (C=O) groups is 1. The number of ether oxygens (including phenoxy) is 1. The van der Waals surface area contributed by atoms with Gasteiger partial charge in [-0.15, -0.1) is 0 Å². The molecule has 0 aliphatic carbocycles. The highest BCUT2D eigenvalue weighted by Crippen LogP contribution is 2.27. The van der Waals surface area contributed by atoms with Crippen molar-refractivity contribution in [3.05, 3.63) is 0 Å². The normalized spacial score (nSPS) is 27.1. The number of rotatable bonds is 3. The van der Waals surface area contributed by atoms with E-state index in [9.17, 15) is 9.90 Å². The molecule has 0 aromatic heterocycles. The third kappa shape index (κ3) is 1.84. The Bertz CT molecular complexity index is 159. The summed E-state index contributed by atoms with van der Waals surface area (Å²) in [5.74, 6) is 0. The van der Waals surface area contributed by atoms with Gasteiger partial charge < -0.3 is 14.6 Å². The summed E-state index contributed by atoms with van der Waals surface area (Å²) in [7, 11) is 0. The molecular weight excluding hydrogens is 156 g/mol. The van der Waals surface area contributed by atoms with Crippen LogP contribution in [-0.2, 0) is 9.53 Å². The zero-order valence-electron chi connectivity index (χ0n) is 7.62. The van der Waals surface area contributed by atoms with Crippen molar-refractivity contribution in [2.45, 2.75) is 38.9 Å². The Kier molecular flexibility index (Phi) is 2.85. The van der Waals surface area contributed by atoms with E-state index in [1.165, 1.54) is 0 Å². The lowest BCUT2D eigenvalue weighted by molar-refractivity contribution is -0.126. The molecule has 1 aliphatic heterocycles. The van der Waals surface area contributed by atoms with Crippen LogP contribution in [0.3, 0.4) is 0 Å². The van der Waals surface area contributed by atoms with Gasteiger partial charge >= 0.3 is 0 Å². The van der Waals surface area contributed by atoms with Crippen LogP contribution in [0.2, 0.25) is 0 Å². The predicted molar refractivity (Wildman–Crippen MR) is 44.8 cm³/mol. The van der Waals surface area contributed by atoms with Gasteiger partial charge in [0.15, 0.2) is 0 Å². The van der Waals surface area contributed by atoms with Crippen LogP contribution in [0.4, 0.5) is 0 Å². The second-order valence-corrected chi connectivity index (χ2v) is 3.94. The molecule has 1 fully saturated rings. The van der Waals surface area contributed by atoms with Gasteiger partial charge in [0.1, 0.15) is 6.29 Å². The maximum absolute atomic E-state index is 10.6. The van der Waals surface area contributed by atoms with Crippen molar-refractivity contribution in [1.82, 2.24) is 0 Å². The van der Waals surface area contributed by atoms with Crippen molar-refractivity contribution in [2.24, 2.45) is 5.41 Å². The Labute approximate surface area is 72.7 Å². The quantitative estimate of drug-likeness (QED) is 0.639. The smallest absolute Gasteiger partial charge is 0.128 e. The maximum atomic E-state index is 10.6. The second-order valence-electron chi connectivity index (χ2n) is 3.94. The summed E-state index contributed by atoms with van der Waals surface area (Å²) in [6, 6.07) is 0. The Balaban J connectivity index is 2.55. The largest absolute Gasteiger partial charge is 0.389 e. The van der Waals surface area contributed by atoms with E-state index in [1.807, 2.05) is 0 Å². The molecule has 0 spiro atoms. The fraction of sp³-hybridized carbons (Fsp3) is 0.889. The molecule has 0 radical (unpaired) electrons. The van der Waals surface area contributed by atoms with Gasteiger partial charge in [0, 0.05) is 12.0 Å². The maximum Gasteiger partial charge on any atom is 0.128 e. The van der Waals surface area contributed by atoms with E-state index in [-0.39, 0.29) is 6.10 Å². The molecule has 3 heteroatoms. The summed E-state index contributed by atoms with van der Waals surface area (Å²) >= 11 is 0. The minimum atomic E-state index is -0.686. The van der Waals surface area contributed by atoms with Crippen molar-refractivity contribution < 1.29 is 14.6 Å². The fourth-order valence-corrected chi connectivity index (χ4v) is 1.40. The number of aldehydes is 1. The Morgan fingerprint density at radius 3 is 2.75 bits per heavy atom. The van der Waals surface area contributed by atoms with E-state index in [4.69, 9.17) is 4.74 Å². The number of hydrogen-bond donors (Lipinski definition) is 1. The molecule has 0 amide bonds. The number of carbonyl (C=O) groups excluding carboxylic acids is 1. The summed E-state index contributed by atoms with van der Waals surface area (Å²) in [6.07, 6.45) is 1.82. The van der Waals surface area contributed by atoms with E-state index < -0.39 is 11.5 Å². The molecule has 0 saturated carbocycles.